The first-order valence-electron chi connectivity index (χ1n) is 27.9. The van der Waals surface area contributed by atoms with Gasteiger partial charge in [-0.2, -0.15) is 0 Å². The summed E-state index contributed by atoms with van der Waals surface area (Å²) in [5.74, 6) is -8.77. The number of carbonyl (C=O) groups excluding carboxylic acids is 7. The van der Waals surface area contributed by atoms with Crippen LogP contribution in [0.4, 0.5) is 0 Å². The highest BCUT2D eigenvalue weighted by molar-refractivity contribution is 6.00. The highest BCUT2D eigenvalue weighted by atomic mass is 16.5. The molecule has 0 spiro atoms. The molecule has 454 valence electrons. The Kier molecular flexibility index (Phi) is 21.9. The van der Waals surface area contributed by atoms with Crippen molar-refractivity contribution in [2.45, 2.75) is 139 Å². The lowest BCUT2D eigenvalue weighted by molar-refractivity contribution is -0.148. The third-order valence-corrected chi connectivity index (χ3v) is 15.2. The number of benzene rings is 4. The minimum atomic E-state index is -2.30. The van der Waals surface area contributed by atoms with Crippen LogP contribution in [0.2, 0.25) is 0 Å². The van der Waals surface area contributed by atoms with E-state index in [4.69, 9.17) is 9.47 Å². The molecule has 4 aromatic carbocycles. The Hall–Kier alpha value is -7.59. The molecule has 25 nitrogen and oxygen atoms in total. The molecule has 3 aliphatic heterocycles. The summed E-state index contributed by atoms with van der Waals surface area (Å²) in [6.07, 6.45) is -14.8. The van der Waals surface area contributed by atoms with Crippen LogP contribution >= 0.6 is 0 Å². The van der Waals surface area contributed by atoms with Crippen molar-refractivity contribution in [3.63, 3.8) is 0 Å². The first kappa shape index (κ1) is 64.0. The third-order valence-electron chi connectivity index (χ3n) is 15.2. The van der Waals surface area contributed by atoms with E-state index in [1.54, 1.807) is 12.1 Å². The number of ether oxygens (including phenoxy) is 2. The number of hydrogen-bond acceptors (Lipinski definition) is 18. The van der Waals surface area contributed by atoms with Gasteiger partial charge < -0.3 is 91.8 Å². The van der Waals surface area contributed by atoms with Crippen LogP contribution in [0.25, 0.3) is 22.3 Å². The Bertz CT molecular complexity index is 2910. The number of unbranched alkanes of at least 4 members (excludes halogenated alkanes) is 1. The van der Waals surface area contributed by atoms with Crippen molar-refractivity contribution in [2.24, 2.45) is 5.92 Å². The van der Waals surface area contributed by atoms with Gasteiger partial charge in [-0.3, -0.25) is 33.6 Å². The number of rotatable bonds is 16. The molecular formula is C59H75N7O18. The van der Waals surface area contributed by atoms with E-state index in [2.05, 4.69) is 33.5 Å². The summed E-state index contributed by atoms with van der Waals surface area (Å²) >= 11 is 0. The van der Waals surface area contributed by atoms with E-state index in [0.29, 0.717) is 31.1 Å². The average molecular weight is 1170 g/mol. The van der Waals surface area contributed by atoms with Crippen LogP contribution in [0.3, 0.4) is 0 Å². The smallest absolute Gasteiger partial charge is 0.251 e. The van der Waals surface area contributed by atoms with E-state index in [0.717, 1.165) is 65.3 Å². The van der Waals surface area contributed by atoms with Gasteiger partial charge in [0.05, 0.1) is 31.0 Å². The Balaban J connectivity index is 1.16. The van der Waals surface area contributed by atoms with Crippen LogP contribution < -0.4 is 31.3 Å². The molecule has 3 saturated heterocycles. The van der Waals surface area contributed by atoms with Gasteiger partial charge in [0.1, 0.15) is 72.7 Å². The zero-order valence-electron chi connectivity index (χ0n) is 46.9. The molecule has 3 fully saturated rings. The highest BCUT2D eigenvalue weighted by Gasteiger charge is 2.50. The van der Waals surface area contributed by atoms with Gasteiger partial charge in [0.25, 0.3) is 5.91 Å². The van der Waals surface area contributed by atoms with Crippen LogP contribution in [0.5, 0.6) is 11.5 Å². The molecule has 7 amide bonds. The number of phenols is 1. The van der Waals surface area contributed by atoms with Crippen molar-refractivity contribution in [1.29, 1.82) is 0 Å². The second kappa shape index (κ2) is 28.8. The van der Waals surface area contributed by atoms with E-state index >= 15 is 0 Å². The molecule has 25 heteroatoms. The molecule has 3 aliphatic rings. The monoisotopic (exact) mass is 1170 g/mol. The fourth-order valence-electron chi connectivity index (χ4n) is 10.2. The molecule has 7 rings (SSSR count). The van der Waals surface area contributed by atoms with Crippen LogP contribution in [0, 0.1) is 5.92 Å². The van der Waals surface area contributed by atoms with Crippen molar-refractivity contribution in [3.8, 4) is 33.8 Å². The number of aromatic hydroxyl groups is 1. The average Bonchev–Trinajstić information content (AvgIpc) is 3.26. The van der Waals surface area contributed by atoms with E-state index in [1.807, 2.05) is 48.5 Å². The van der Waals surface area contributed by atoms with Gasteiger partial charge in [0.15, 0.2) is 6.23 Å². The van der Waals surface area contributed by atoms with E-state index in [9.17, 15) is 79.5 Å². The van der Waals surface area contributed by atoms with Crippen LogP contribution in [-0.4, -0.2) is 209 Å². The summed E-state index contributed by atoms with van der Waals surface area (Å²) in [4.78, 5) is 102. The lowest BCUT2D eigenvalue weighted by atomic mass is 9.96. The zero-order chi connectivity index (χ0) is 61.1. The maximum Gasteiger partial charge on any atom is 0.251 e. The van der Waals surface area contributed by atoms with Gasteiger partial charge in [0, 0.05) is 44.0 Å². The fraction of sp³-hybridized carbons (Fsp3) is 0.475. The molecule has 0 bridgehead atoms. The first-order chi connectivity index (χ1) is 40.0. The molecule has 0 unspecified atom stereocenters. The third kappa shape index (κ3) is 15.6. The number of amides is 7. The standard InChI is InChI=1S/C59H75N7O18/c1-5-6-23-83-24-25-84-41-21-17-36(18-22-41)34-9-7-33(8-10-34)35-11-13-38(14-12-35)52(75)60-42-27-44(71)55(78)64-57(80)48-49(72)30(2)28-66(48)59(82)46(32(4)68)62-56(79)47(51(74)50(73)37-15-19-39(69)20-16-37)63-54(77)43-26-40(70)29-65(43)58(81)45(31(3)67)61-53(42)76/h7-22,30-32,40,42-51,55,67-74,78H,5-6,23-29H2,1-4H3,(H,60,75)(H,61,76)(H,62,79)(H,63,77)(H,64,80)/t30-,31+,32+,40+,42-,43-,44+,45-,46-,47-,48-,49-,50-,51-,55-/m0/s1. The molecule has 0 radical (unpaired) electrons. The predicted molar refractivity (Wildman–Crippen MR) is 300 cm³/mol. The van der Waals surface area contributed by atoms with E-state index in [-0.39, 0.29) is 23.4 Å². The number of nitrogens with zero attached hydrogens (tertiary/aromatic N) is 2. The van der Waals surface area contributed by atoms with Crippen LogP contribution in [0.1, 0.15) is 75.4 Å². The lowest BCUT2D eigenvalue weighted by Crippen LogP contribution is -2.64. The van der Waals surface area contributed by atoms with Crippen molar-refractivity contribution in [3.05, 3.63) is 108 Å². The largest absolute Gasteiger partial charge is 0.508 e. The van der Waals surface area contributed by atoms with Crippen LogP contribution in [0.15, 0.2) is 97.1 Å². The van der Waals surface area contributed by atoms with Gasteiger partial charge in [-0.15, -0.1) is 0 Å². The summed E-state index contributed by atoms with van der Waals surface area (Å²) in [6.45, 7) is 6.40. The SMILES string of the molecule is CCCCOCCOc1ccc(-c2ccc(-c3ccc(C(=O)N[C@H]4C[C@@H](O)[C@H](O)NC(=O)[C@@H]5[C@@H](O)[C@@H](C)CN5C(=O)[C@H]([C@@H](C)O)NC(=O)[C@H]([C@H](O)[C@@H](O)c5ccc(O)cc5)NC(=O)[C@@H]5C[C@@H](O)CN5C(=O)[C@H]([C@@H](C)O)NC4=O)cc3)cc2)cc1. The van der Waals surface area contributed by atoms with Crippen LogP contribution in [-0.2, 0) is 33.5 Å². The topological polar surface area (TPSA) is 387 Å². The molecular weight excluding hydrogens is 1090 g/mol. The van der Waals surface area contributed by atoms with E-state index < -0.39 is 152 Å². The number of carbonyl (C=O) groups is 7. The predicted octanol–water partition coefficient (Wildman–Crippen LogP) is -1.30. The quantitative estimate of drug-likeness (QED) is 0.0580. The number of fused-ring (bicyclic) bond motifs is 2. The zero-order valence-corrected chi connectivity index (χ0v) is 46.9. The minimum Gasteiger partial charge on any atom is -0.508 e. The van der Waals surface area contributed by atoms with Gasteiger partial charge in [0.2, 0.25) is 35.4 Å². The number of aliphatic hydroxyl groups excluding tert-OH is 8. The number of aliphatic hydroxyl groups is 8. The molecule has 3 heterocycles. The maximum absolute atomic E-state index is 14.5. The summed E-state index contributed by atoms with van der Waals surface area (Å²) in [5.41, 5.74) is 3.29. The molecule has 14 N–H and O–H groups in total. The molecule has 0 saturated carbocycles. The number of phenolic OH excluding ortho intramolecular Hbond substituents is 1. The molecule has 15 atom stereocenters. The Morgan fingerprint density at radius 3 is 1.74 bits per heavy atom. The number of nitrogens with one attached hydrogen (secondary N) is 5. The van der Waals surface area contributed by atoms with Crippen molar-refractivity contribution in [2.75, 3.05) is 32.9 Å². The second-order valence-electron chi connectivity index (χ2n) is 21.5. The minimum absolute atomic E-state index is 0.00309. The molecule has 0 aromatic heterocycles. The molecule has 4 aromatic rings. The van der Waals surface area contributed by atoms with Crippen molar-refractivity contribution < 1.29 is 89.0 Å². The van der Waals surface area contributed by atoms with Gasteiger partial charge in [-0.1, -0.05) is 80.9 Å². The van der Waals surface area contributed by atoms with E-state index in [1.165, 1.54) is 31.2 Å². The summed E-state index contributed by atoms with van der Waals surface area (Å²) in [6, 6.07) is 14.5. The molecule has 0 aliphatic carbocycles. The second-order valence-corrected chi connectivity index (χ2v) is 21.5. The fourth-order valence-corrected chi connectivity index (χ4v) is 10.2. The summed E-state index contributed by atoms with van der Waals surface area (Å²) in [7, 11) is 0. The summed E-state index contributed by atoms with van der Waals surface area (Å²) < 4.78 is 11.4. The maximum atomic E-state index is 14.5. The summed E-state index contributed by atoms with van der Waals surface area (Å²) in [5, 5.41) is 111. The number of hydrogen-bond donors (Lipinski definition) is 14. The van der Waals surface area contributed by atoms with Crippen molar-refractivity contribution >= 4 is 41.4 Å². The van der Waals surface area contributed by atoms with Gasteiger partial charge in [-0.25, -0.2) is 0 Å². The highest BCUT2D eigenvalue weighted by Crippen LogP contribution is 2.30. The van der Waals surface area contributed by atoms with Crippen molar-refractivity contribution in [1.82, 2.24) is 36.4 Å². The van der Waals surface area contributed by atoms with Gasteiger partial charge >= 0.3 is 0 Å². The first-order valence-corrected chi connectivity index (χ1v) is 27.9. The Morgan fingerprint density at radius 2 is 1.17 bits per heavy atom. The normalized spacial score (nSPS) is 27.2. The Morgan fingerprint density at radius 1 is 0.631 bits per heavy atom. The van der Waals surface area contributed by atoms with Gasteiger partial charge in [-0.05, 0) is 84.5 Å². The lowest BCUT2D eigenvalue weighted by Gasteiger charge is -2.34. The molecule has 84 heavy (non-hydrogen) atoms. The Labute approximate surface area is 484 Å².